The third-order valence-corrected chi connectivity index (χ3v) is 6.66. The molecule has 9 heteroatoms. The van der Waals surface area contributed by atoms with Gasteiger partial charge in [-0.25, -0.2) is 13.4 Å². The summed E-state index contributed by atoms with van der Waals surface area (Å²) < 4.78 is 24.9. The minimum atomic E-state index is -3.54. The number of hydrogen-bond acceptors (Lipinski definition) is 6. The van der Waals surface area contributed by atoms with Crippen molar-refractivity contribution in [2.75, 3.05) is 16.4 Å². The van der Waals surface area contributed by atoms with E-state index in [1.807, 2.05) is 0 Å². The Balaban J connectivity index is 1.74. The van der Waals surface area contributed by atoms with Crippen LogP contribution in [0.2, 0.25) is 0 Å². The Labute approximate surface area is 172 Å². The van der Waals surface area contributed by atoms with Crippen LogP contribution in [0, 0.1) is 0 Å². The van der Waals surface area contributed by atoms with Crippen molar-refractivity contribution >= 4 is 43.8 Å². The van der Waals surface area contributed by atoms with Crippen LogP contribution < -0.4 is 10.6 Å². The maximum atomic E-state index is 12.7. The number of sulfone groups is 1. The molecule has 0 aliphatic heterocycles. The first kappa shape index (κ1) is 20.7. The monoisotopic (exact) mass is 429 g/mol. The van der Waals surface area contributed by atoms with Gasteiger partial charge in [0.25, 0.3) is 11.8 Å². The molecule has 0 aliphatic carbocycles. The molecule has 0 bridgehead atoms. The standard InChI is InChI=1S/C20H19N3O4S2/c1-2-13-29(26,27)17-6-4-3-5-16(17)19(25)22-15-9-7-14(8-10-15)18(24)23-20-21-11-12-28-20/h3-12H,2,13H2,1H3,(H,22,25)(H,21,23,24). The Morgan fingerprint density at radius 3 is 2.38 bits per heavy atom. The summed E-state index contributed by atoms with van der Waals surface area (Å²) >= 11 is 1.31. The molecule has 1 heterocycles. The summed E-state index contributed by atoms with van der Waals surface area (Å²) in [6.45, 7) is 1.77. The predicted molar refractivity (Wildman–Crippen MR) is 113 cm³/mol. The van der Waals surface area contributed by atoms with E-state index < -0.39 is 15.7 Å². The van der Waals surface area contributed by atoms with Crippen molar-refractivity contribution in [2.24, 2.45) is 0 Å². The number of carbonyl (C=O) groups is 2. The molecular formula is C20H19N3O4S2. The number of carbonyl (C=O) groups excluding carboxylic acids is 2. The lowest BCUT2D eigenvalue weighted by atomic mass is 10.1. The van der Waals surface area contributed by atoms with Crippen LogP contribution in [0.5, 0.6) is 0 Å². The van der Waals surface area contributed by atoms with Gasteiger partial charge < -0.3 is 5.32 Å². The highest BCUT2D eigenvalue weighted by atomic mass is 32.2. The van der Waals surface area contributed by atoms with E-state index in [-0.39, 0.29) is 22.1 Å². The summed E-state index contributed by atoms with van der Waals surface area (Å²) in [7, 11) is -3.54. The van der Waals surface area contributed by atoms with Crippen LogP contribution in [0.25, 0.3) is 0 Å². The van der Waals surface area contributed by atoms with Gasteiger partial charge in [-0.05, 0) is 42.8 Å². The van der Waals surface area contributed by atoms with E-state index in [1.54, 1.807) is 54.9 Å². The molecule has 0 spiro atoms. The molecule has 29 heavy (non-hydrogen) atoms. The smallest absolute Gasteiger partial charge is 0.257 e. The first-order valence-electron chi connectivity index (χ1n) is 8.85. The maximum absolute atomic E-state index is 12.7. The Morgan fingerprint density at radius 1 is 1.00 bits per heavy atom. The van der Waals surface area contributed by atoms with Crippen molar-refractivity contribution in [3.63, 3.8) is 0 Å². The molecule has 0 radical (unpaired) electrons. The van der Waals surface area contributed by atoms with Crippen molar-refractivity contribution in [3.8, 4) is 0 Å². The van der Waals surface area contributed by atoms with E-state index >= 15 is 0 Å². The maximum Gasteiger partial charge on any atom is 0.257 e. The van der Waals surface area contributed by atoms with Gasteiger partial charge >= 0.3 is 0 Å². The van der Waals surface area contributed by atoms with Crippen molar-refractivity contribution in [1.29, 1.82) is 0 Å². The van der Waals surface area contributed by atoms with Gasteiger partial charge in [0.1, 0.15) is 0 Å². The highest BCUT2D eigenvalue weighted by molar-refractivity contribution is 7.91. The van der Waals surface area contributed by atoms with Gasteiger partial charge in [0.15, 0.2) is 15.0 Å². The minimum absolute atomic E-state index is 0.0128. The van der Waals surface area contributed by atoms with Crippen molar-refractivity contribution < 1.29 is 18.0 Å². The molecule has 0 aliphatic rings. The van der Waals surface area contributed by atoms with Crippen molar-refractivity contribution in [1.82, 2.24) is 4.98 Å². The number of anilines is 2. The van der Waals surface area contributed by atoms with Crippen LogP contribution in [0.1, 0.15) is 34.1 Å². The molecule has 0 saturated heterocycles. The fourth-order valence-electron chi connectivity index (χ4n) is 2.66. The largest absolute Gasteiger partial charge is 0.322 e. The van der Waals surface area contributed by atoms with E-state index in [9.17, 15) is 18.0 Å². The highest BCUT2D eigenvalue weighted by Gasteiger charge is 2.21. The highest BCUT2D eigenvalue weighted by Crippen LogP contribution is 2.20. The van der Waals surface area contributed by atoms with Gasteiger partial charge in [-0.3, -0.25) is 14.9 Å². The quantitative estimate of drug-likeness (QED) is 0.594. The molecule has 0 fully saturated rings. The molecule has 3 aromatic rings. The lowest BCUT2D eigenvalue weighted by Gasteiger charge is -2.11. The Bertz CT molecular complexity index is 1110. The summed E-state index contributed by atoms with van der Waals surface area (Å²) in [5, 5.41) is 7.61. The second-order valence-electron chi connectivity index (χ2n) is 6.14. The molecule has 2 N–H and O–H groups in total. The van der Waals surface area contributed by atoms with Gasteiger partial charge in [0, 0.05) is 22.8 Å². The second kappa shape index (κ2) is 8.97. The predicted octanol–water partition coefficient (Wildman–Crippen LogP) is 3.83. The minimum Gasteiger partial charge on any atom is -0.322 e. The number of nitrogens with one attached hydrogen (secondary N) is 2. The summed E-state index contributed by atoms with van der Waals surface area (Å²) in [6.07, 6.45) is 2.06. The zero-order chi connectivity index (χ0) is 20.9. The van der Waals surface area contributed by atoms with Crippen molar-refractivity contribution in [2.45, 2.75) is 18.2 Å². The average molecular weight is 430 g/mol. The Kier molecular flexibility index (Phi) is 6.40. The summed E-state index contributed by atoms with van der Waals surface area (Å²) in [5.74, 6) is -0.866. The van der Waals surface area contributed by atoms with E-state index in [4.69, 9.17) is 0 Å². The van der Waals surface area contributed by atoms with Gasteiger partial charge in [-0.15, -0.1) is 11.3 Å². The van der Waals surface area contributed by atoms with Crippen LogP contribution in [-0.4, -0.2) is 31.0 Å². The summed E-state index contributed by atoms with van der Waals surface area (Å²) in [5.41, 5.74) is 0.944. The fourth-order valence-corrected chi connectivity index (χ4v) is 4.72. The topological polar surface area (TPSA) is 105 Å². The summed E-state index contributed by atoms with van der Waals surface area (Å²) in [6, 6.07) is 12.4. The fraction of sp³-hybridized carbons (Fsp3) is 0.150. The molecule has 0 saturated carbocycles. The number of hydrogen-bond donors (Lipinski definition) is 2. The zero-order valence-corrected chi connectivity index (χ0v) is 17.2. The molecule has 7 nitrogen and oxygen atoms in total. The molecule has 2 amide bonds. The first-order chi connectivity index (χ1) is 13.9. The SMILES string of the molecule is CCCS(=O)(=O)c1ccccc1C(=O)Nc1ccc(C(=O)Nc2nccs2)cc1. The number of nitrogens with zero attached hydrogens (tertiary/aromatic N) is 1. The second-order valence-corrected chi connectivity index (χ2v) is 9.11. The number of thiazole rings is 1. The molecule has 0 unspecified atom stereocenters. The average Bonchev–Trinajstić information content (AvgIpc) is 3.21. The van der Waals surface area contributed by atoms with Gasteiger partial charge in [0.2, 0.25) is 0 Å². The Hall–Kier alpha value is -3.04. The van der Waals surface area contributed by atoms with Gasteiger partial charge in [0.05, 0.1) is 16.2 Å². The van der Waals surface area contributed by atoms with Crippen LogP contribution in [-0.2, 0) is 9.84 Å². The molecule has 0 atom stereocenters. The van der Waals surface area contributed by atoms with Crippen LogP contribution in [0.4, 0.5) is 10.8 Å². The van der Waals surface area contributed by atoms with Gasteiger partial charge in [-0.2, -0.15) is 0 Å². The lowest BCUT2D eigenvalue weighted by Crippen LogP contribution is -2.18. The van der Waals surface area contributed by atoms with E-state index in [0.29, 0.717) is 22.8 Å². The van der Waals surface area contributed by atoms with Crippen LogP contribution in [0.3, 0.4) is 0 Å². The number of aromatic nitrogens is 1. The molecule has 150 valence electrons. The lowest BCUT2D eigenvalue weighted by molar-refractivity contribution is 0.101. The number of benzene rings is 2. The summed E-state index contributed by atoms with van der Waals surface area (Å²) in [4.78, 5) is 28.8. The number of amides is 2. The third-order valence-electron chi connectivity index (χ3n) is 4.00. The normalized spacial score (nSPS) is 11.1. The van der Waals surface area contributed by atoms with E-state index in [1.165, 1.54) is 23.5 Å². The zero-order valence-electron chi connectivity index (χ0n) is 15.6. The first-order valence-corrected chi connectivity index (χ1v) is 11.4. The molecule has 3 rings (SSSR count). The van der Waals surface area contributed by atoms with Crippen LogP contribution >= 0.6 is 11.3 Å². The van der Waals surface area contributed by atoms with E-state index in [2.05, 4.69) is 15.6 Å². The third kappa shape index (κ3) is 5.07. The van der Waals surface area contributed by atoms with Gasteiger partial charge in [-0.1, -0.05) is 19.1 Å². The van der Waals surface area contributed by atoms with Crippen LogP contribution in [0.15, 0.2) is 65.0 Å². The van der Waals surface area contributed by atoms with Crippen molar-refractivity contribution in [3.05, 3.63) is 71.2 Å². The van der Waals surface area contributed by atoms with E-state index in [0.717, 1.165) is 0 Å². The number of rotatable bonds is 7. The molecule has 2 aromatic carbocycles. The Morgan fingerprint density at radius 2 is 1.72 bits per heavy atom. The molecular weight excluding hydrogens is 410 g/mol. The molecule has 1 aromatic heterocycles.